The van der Waals surface area contributed by atoms with Crippen LogP contribution in [0.25, 0.3) is 0 Å². The van der Waals surface area contributed by atoms with Gasteiger partial charge in [0.2, 0.25) is 11.8 Å². The third-order valence-electron chi connectivity index (χ3n) is 5.33. The smallest absolute Gasteiger partial charge is 0.227 e. The van der Waals surface area contributed by atoms with Gasteiger partial charge in [0.15, 0.2) is 0 Å². The third kappa shape index (κ3) is 5.35. The highest BCUT2D eigenvalue weighted by Gasteiger charge is 2.27. The van der Waals surface area contributed by atoms with Crippen molar-refractivity contribution in [3.8, 4) is 0 Å². The predicted molar refractivity (Wildman–Crippen MR) is 114 cm³/mol. The molecule has 0 spiro atoms. The van der Waals surface area contributed by atoms with Crippen LogP contribution in [0.3, 0.4) is 0 Å². The lowest BCUT2D eigenvalue weighted by atomic mass is 9.95. The maximum absolute atomic E-state index is 12.6. The average Bonchev–Trinajstić information content (AvgIpc) is 2.70. The van der Waals surface area contributed by atoms with Crippen molar-refractivity contribution in [1.29, 1.82) is 0 Å². The standard InChI is InChI=1S/C23H27ClN2O2/c1-16(2)18-5-9-21(10-6-18)25-23(28)19-11-13-26(14-12-19)22(27)15-17-3-7-20(24)8-4-17/h3-10,16,19H,11-15H2,1-2H3,(H,25,28). The minimum atomic E-state index is -0.0515. The lowest BCUT2D eigenvalue weighted by Crippen LogP contribution is -2.42. The van der Waals surface area contributed by atoms with Crippen molar-refractivity contribution < 1.29 is 9.59 Å². The molecular formula is C23H27ClN2O2. The van der Waals surface area contributed by atoms with Crippen LogP contribution in [-0.4, -0.2) is 29.8 Å². The molecule has 5 heteroatoms. The first kappa shape index (κ1) is 20.4. The Balaban J connectivity index is 1.48. The van der Waals surface area contributed by atoms with E-state index in [9.17, 15) is 9.59 Å². The summed E-state index contributed by atoms with van der Waals surface area (Å²) in [6.07, 6.45) is 1.76. The van der Waals surface area contributed by atoms with Crippen molar-refractivity contribution in [3.05, 3.63) is 64.7 Å². The number of anilines is 1. The molecule has 2 amide bonds. The van der Waals surface area contributed by atoms with Gasteiger partial charge in [0, 0.05) is 29.7 Å². The molecule has 1 fully saturated rings. The SMILES string of the molecule is CC(C)c1ccc(NC(=O)C2CCN(C(=O)Cc3ccc(Cl)cc3)CC2)cc1. The highest BCUT2D eigenvalue weighted by molar-refractivity contribution is 6.30. The maximum Gasteiger partial charge on any atom is 0.227 e. The maximum atomic E-state index is 12.6. The van der Waals surface area contributed by atoms with E-state index >= 15 is 0 Å². The van der Waals surface area contributed by atoms with Crippen LogP contribution in [0.15, 0.2) is 48.5 Å². The zero-order chi connectivity index (χ0) is 20.1. The van der Waals surface area contributed by atoms with Gasteiger partial charge in [-0.05, 0) is 54.2 Å². The van der Waals surface area contributed by atoms with Gasteiger partial charge in [0.25, 0.3) is 0 Å². The molecule has 1 heterocycles. The number of hydrogen-bond acceptors (Lipinski definition) is 2. The van der Waals surface area contributed by atoms with Gasteiger partial charge in [-0.1, -0.05) is 49.7 Å². The molecule has 0 radical (unpaired) electrons. The third-order valence-corrected chi connectivity index (χ3v) is 5.58. The van der Waals surface area contributed by atoms with Crippen LogP contribution in [0.1, 0.15) is 43.7 Å². The molecule has 1 saturated heterocycles. The fourth-order valence-corrected chi connectivity index (χ4v) is 3.60. The quantitative estimate of drug-likeness (QED) is 0.780. The van der Waals surface area contributed by atoms with Gasteiger partial charge in [-0.25, -0.2) is 0 Å². The second-order valence-corrected chi connectivity index (χ2v) is 8.16. The second kappa shape index (κ2) is 9.24. The molecule has 0 unspecified atom stereocenters. The number of nitrogens with zero attached hydrogens (tertiary/aromatic N) is 1. The molecular weight excluding hydrogens is 372 g/mol. The molecule has 3 rings (SSSR count). The van der Waals surface area contributed by atoms with Gasteiger partial charge in [-0.15, -0.1) is 0 Å². The number of amides is 2. The van der Waals surface area contributed by atoms with Crippen LogP contribution in [-0.2, 0) is 16.0 Å². The molecule has 1 aliphatic heterocycles. The van der Waals surface area contributed by atoms with Crippen LogP contribution < -0.4 is 5.32 Å². The predicted octanol–water partition coefficient (Wildman–Crippen LogP) is 4.88. The summed E-state index contributed by atoms with van der Waals surface area (Å²) in [5, 5.41) is 3.68. The summed E-state index contributed by atoms with van der Waals surface area (Å²) in [7, 11) is 0. The largest absolute Gasteiger partial charge is 0.342 e. The minimum absolute atomic E-state index is 0.0436. The number of piperidine rings is 1. The first-order valence-corrected chi connectivity index (χ1v) is 10.2. The van der Waals surface area contributed by atoms with Crippen LogP contribution in [0.4, 0.5) is 5.69 Å². The zero-order valence-electron chi connectivity index (χ0n) is 16.5. The van der Waals surface area contributed by atoms with Crippen molar-refractivity contribution in [3.63, 3.8) is 0 Å². The number of halogens is 1. The number of nitrogens with one attached hydrogen (secondary N) is 1. The topological polar surface area (TPSA) is 49.4 Å². The Kier molecular flexibility index (Phi) is 6.74. The van der Waals surface area contributed by atoms with Crippen molar-refractivity contribution in [2.75, 3.05) is 18.4 Å². The number of hydrogen-bond donors (Lipinski definition) is 1. The van der Waals surface area contributed by atoms with Crippen molar-refractivity contribution in [2.24, 2.45) is 5.92 Å². The number of rotatable bonds is 5. The van der Waals surface area contributed by atoms with E-state index in [1.165, 1.54) is 5.56 Å². The first-order chi connectivity index (χ1) is 13.4. The summed E-state index contributed by atoms with van der Waals surface area (Å²) in [6.45, 7) is 5.54. The van der Waals surface area contributed by atoms with Crippen LogP contribution in [0, 0.1) is 5.92 Å². The van der Waals surface area contributed by atoms with E-state index in [1.807, 2.05) is 29.2 Å². The van der Waals surface area contributed by atoms with Crippen molar-refractivity contribution >= 4 is 29.1 Å². The minimum Gasteiger partial charge on any atom is -0.342 e. The van der Waals surface area contributed by atoms with E-state index < -0.39 is 0 Å². The highest BCUT2D eigenvalue weighted by Crippen LogP contribution is 2.22. The van der Waals surface area contributed by atoms with Gasteiger partial charge >= 0.3 is 0 Å². The molecule has 0 aromatic heterocycles. The van der Waals surface area contributed by atoms with E-state index in [1.54, 1.807) is 12.1 Å². The molecule has 1 N–H and O–H groups in total. The Morgan fingerprint density at radius 3 is 2.21 bits per heavy atom. The van der Waals surface area contributed by atoms with E-state index in [0.717, 1.165) is 11.3 Å². The fraction of sp³-hybridized carbons (Fsp3) is 0.391. The molecule has 2 aromatic rings. The summed E-state index contributed by atoms with van der Waals surface area (Å²) in [6, 6.07) is 15.4. The van der Waals surface area contributed by atoms with Crippen LogP contribution in [0.5, 0.6) is 0 Å². The van der Waals surface area contributed by atoms with Gasteiger partial charge in [0.1, 0.15) is 0 Å². The lowest BCUT2D eigenvalue weighted by molar-refractivity contribution is -0.133. The second-order valence-electron chi connectivity index (χ2n) is 7.72. The van der Waals surface area contributed by atoms with E-state index in [2.05, 4.69) is 31.3 Å². The van der Waals surface area contributed by atoms with Gasteiger partial charge in [-0.2, -0.15) is 0 Å². The van der Waals surface area contributed by atoms with Crippen molar-refractivity contribution in [2.45, 2.75) is 39.0 Å². The normalized spacial score (nSPS) is 14.9. The molecule has 4 nitrogen and oxygen atoms in total. The summed E-state index contributed by atoms with van der Waals surface area (Å²) in [4.78, 5) is 26.9. The van der Waals surface area contributed by atoms with E-state index in [0.29, 0.717) is 43.3 Å². The highest BCUT2D eigenvalue weighted by atomic mass is 35.5. The van der Waals surface area contributed by atoms with E-state index in [-0.39, 0.29) is 17.7 Å². The Morgan fingerprint density at radius 1 is 1.04 bits per heavy atom. The molecule has 0 bridgehead atoms. The van der Waals surface area contributed by atoms with Crippen LogP contribution in [0.2, 0.25) is 5.02 Å². The monoisotopic (exact) mass is 398 g/mol. The number of benzene rings is 2. The van der Waals surface area contributed by atoms with Gasteiger partial charge in [-0.3, -0.25) is 9.59 Å². The number of carbonyl (C=O) groups excluding carboxylic acids is 2. The molecule has 148 valence electrons. The molecule has 28 heavy (non-hydrogen) atoms. The summed E-state index contributed by atoms with van der Waals surface area (Å²) in [5.41, 5.74) is 3.04. The Labute approximate surface area is 171 Å². The molecule has 0 aliphatic carbocycles. The van der Waals surface area contributed by atoms with Gasteiger partial charge < -0.3 is 10.2 Å². The Morgan fingerprint density at radius 2 is 1.64 bits per heavy atom. The molecule has 2 aromatic carbocycles. The summed E-state index contributed by atoms with van der Waals surface area (Å²) in [5.74, 6) is 0.566. The van der Waals surface area contributed by atoms with Crippen molar-refractivity contribution in [1.82, 2.24) is 4.90 Å². The molecule has 0 saturated carbocycles. The number of likely N-dealkylation sites (tertiary alicyclic amines) is 1. The molecule has 1 aliphatic rings. The van der Waals surface area contributed by atoms with E-state index in [4.69, 9.17) is 11.6 Å². The number of carbonyl (C=O) groups is 2. The van der Waals surface area contributed by atoms with Gasteiger partial charge in [0.05, 0.1) is 6.42 Å². The Bertz CT molecular complexity index is 808. The van der Waals surface area contributed by atoms with Crippen LogP contribution >= 0.6 is 11.6 Å². The molecule has 0 atom stereocenters. The first-order valence-electron chi connectivity index (χ1n) is 9.85. The summed E-state index contributed by atoms with van der Waals surface area (Å²) >= 11 is 5.89. The zero-order valence-corrected chi connectivity index (χ0v) is 17.2. The Hall–Kier alpha value is -2.33. The lowest BCUT2D eigenvalue weighted by Gasteiger charge is -2.31. The average molecular weight is 399 g/mol. The fourth-order valence-electron chi connectivity index (χ4n) is 3.48. The summed E-state index contributed by atoms with van der Waals surface area (Å²) < 4.78 is 0.